The van der Waals surface area contributed by atoms with Gasteiger partial charge in [0.05, 0.1) is 10.0 Å². The number of benzene rings is 2. The van der Waals surface area contributed by atoms with Crippen molar-refractivity contribution in [2.75, 3.05) is 13.1 Å². The lowest BCUT2D eigenvalue weighted by Gasteiger charge is -2.17. The summed E-state index contributed by atoms with van der Waals surface area (Å²) in [5.41, 5.74) is 2.70. The maximum absolute atomic E-state index is 6.20. The first-order chi connectivity index (χ1) is 10.7. The lowest BCUT2D eigenvalue weighted by atomic mass is 9.87. The third-order valence-corrected chi connectivity index (χ3v) is 5.40. The smallest absolute Gasteiger partial charge is 0.0595 e. The molecule has 1 aliphatic heterocycles. The van der Waals surface area contributed by atoms with Gasteiger partial charge in [0.25, 0.3) is 0 Å². The Hall–Kier alpha value is -1.02. The number of nitrogens with zero attached hydrogens (tertiary/aromatic N) is 1. The molecule has 1 fully saturated rings. The zero-order valence-electron chi connectivity index (χ0n) is 12.8. The van der Waals surface area contributed by atoms with Gasteiger partial charge in [0.2, 0.25) is 0 Å². The van der Waals surface area contributed by atoms with Gasteiger partial charge < -0.3 is 0 Å². The topological polar surface area (TPSA) is 3.24 Å². The fraction of sp³-hybridized carbons (Fsp3) is 0.368. The van der Waals surface area contributed by atoms with Crippen molar-refractivity contribution in [1.29, 1.82) is 0 Å². The van der Waals surface area contributed by atoms with Crippen LogP contribution in [0.3, 0.4) is 0 Å². The van der Waals surface area contributed by atoms with E-state index in [9.17, 15) is 0 Å². The summed E-state index contributed by atoms with van der Waals surface area (Å²) < 4.78 is 0. The van der Waals surface area contributed by atoms with Crippen molar-refractivity contribution >= 4 is 23.2 Å². The maximum atomic E-state index is 6.20. The molecule has 3 rings (SSSR count). The molecule has 2 aromatic carbocycles. The molecule has 2 atom stereocenters. The van der Waals surface area contributed by atoms with Crippen LogP contribution in [0.25, 0.3) is 0 Å². The Morgan fingerprint density at radius 3 is 2.45 bits per heavy atom. The van der Waals surface area contributed by atoms with E-state index in [0.29, 0.717) is 21.9 Å². The minimum atomic E-state index is 0.545. The number of likely N-dealkylation sites (tertiary alicyclic amines) is 1. The van der Waals surface area contributed by atoms with Gasteiger partial charge in [-0.1, -0.05) is 72.9 Å². The predicted molar refractivity (Wildman–Crippen MR) is 94.7 cm³/mol. The minimum Gasteiger partial charge on any atom is -0.298 e. The summed E-state index contributed by atoms with van der Waals surface area (Å²) in [6, 6.07) is 16.8. The lowest BCUT2D eigenvalue weighted by Crippen LogP contribution is -2.20. The maximum Gasteiger partial charge on any atom is 0.0595 e. The van der Waals surface area contributed by atoms with Gasteiger partial charge in [-0.3, -0.25) is 4.90 Å². The molecule has 116 valence electrons. The monoisotopic (exact) mass is 333 g/mol. The quantitative estimate of drug-likeness (QED) is 0.701. The van der Waals surface area contributed by atoms with E-state index in [4.69, 9.17) is 23.2 Å². The van der Waals surface area contributed by atoms with Crippen LogP contribution in [0.2, 0.25) is 10.0 Å². The van der Waals surface area contributed by atoms with Crippen molar-refractivity contribution in [1.82, 2.24) is 4.90 Å². The average molecular weight is 334 g/mol. The standard InChI is InChI=1S/C19H21Cl2N/c1-2-15-12-22(11-14-6-4-3-5-7-14)13-17(15)16-8-9-18(20)19(21)10-16/h3-10,15,17H,2,11-13H2,1H3/t15-,17-/m1/s1. The molecule has 1 heterocycles. The van der Waals surface area contributed by atoms with E-state index in [1.807, 2.05) is 12.1 Å². The highest BCUT2D eigenvalue weighted by Gasteiger charge is 2.32. The first-order valence-corrected chi connectivity index (χ1v) is 8.64. The molecule has 0 spiro atoms. The number of hydrogen-bond donors (Lipinski definition) is 0. The molecule has 0 aliphatic carbocycles. The zero-order chi connectivity index (χ0) is 15.5. The summed E-state index contributed by atoms with van der Waals surface area (Å²) in [5, 5.41) is 1.30. The van der Waals surface area contributed by atoms with Gasteiger partial charge in [-0.2, -0.15) is 0 Å². The fourth-order valence-electron chi connectivity index (χ4n) is 3.47. The number of halogens is 2. The van der Waals surface area contributed by atoms with Gasteiger partial charge in [0, 0.05) is 25.6 Å². The summed E-state index contributed by atoms with van der Waals surface area (Å²) in [4.78, 5) is 2.55. The zero-order valence-corrected chi connectivity index (χ0v) is 14.3. The molecule has 1 aliphatic rings. The summed E-state index contributed by atoms with van der Waals surface area (Å²) in [7, 11) is 0. The van der Waals surface area contributed by atoms with Crippen molar-refractivity contribution in [3.8, 4) is 0 Å². The molecule has 1 nitrogen and oxygen atoms in total. The molecular formula is C19H21Cl2N. The molecule has 0 bridgehead atoms. The highest BCUT2D eigenvalue weighted by atomic mass is 35.5. The number of rotatable bonds is 4. The Morgan fingerprint density at radius 1 is 1.00 bits per heavy atom. The van der Waals surface area contributed by atoms with E-state index in [2.05, 4.69) is 48.2 Å². The van der Waals surface area contributed by atoms with E-state index in [1.165, 1.54) is 17.5 Å². The largest absolute Gasteiger partial charge is 0.298 e. The molecule has 0 saturated carbocycles. The Labute approximate surface area is 142 Å². The Kier molecular flexibility index (Phi) is 5.07. The number of hydrogen-bond acceptors (Lipinski definition) is 1. The van der Waals surface area contributed by atoms with Gasteiger partial charge in [-0.05, 0) is 29.2 Å². The van der Waals surface area contributed by atoms with Crippen LogP contribution in [-0.4, -0.2) is 18.0 Å². The van der Waals surface area contributed by atoms with Crippen LogP contribution in [0.4, 0.5) is 0 Å². The Morgan fingerprint density at radius 2 is 1.77 bits per heavy atom. The molecule has 0 amide bonds. The van der Waals surface area contributed by atoms with Gasteiger partial charge in [-0.15, -0.1) is 0 Å². The van der Waals surface area contributed by atoms with E-state index < -0.39 is 0 Å². The third-order valence-electron chi connectivity index (χ3n) is 4.66. The highest BCUT2D eigenvalue weighted by Crippen LogP contribution is 2.37. The van der Waals surface area contributed by atoms with E-state index in [0.717, 1.165) is 19.6 Å². The molecule has 1 saturated heterocycles. The SMILES string of the molecule is CC[C@@H]1CN(Cc2ccccc2)C[C@H]1c1ccc(Cl)c(Cl)c1. The second kappa shape index (κ2) is 7.04. The summed E-state index contributed by atoms with van der Waals surface area (Å²) in [6.45, 7) is 5.54. The molecule has 3 heteroatoms. The van der Waals surface area contributed by atoms with Crippen molar-refractivity contribution in [3.05, 3.63) is 69.7 Å². The summed E-state index contributed by atoms with van der Waals surface area (Å²) >= 11 is 12.3. The first-order valence-electron chi connectivity index (χ1n) is 7.88. The van der Waals surface area contributed by atoms with Crippen LogP contribution in [-0.2, 0) is 6.54 Å². The fourth-order valence-corrected chi connectivity index (χ4v) is 3.77. The Balaban J connectivity index is 1.75. The molecule has 0 unspecified atom stereocenters. The normalized spacial score (nSPS) is 22.1. The first kappa shape index (κ1) is 15.9. The van der Waals surface area contributed by atoms with Crippen molar-refractivity contribution < 1.29 is 0 Å². The summed E-state index contributed by atoms with van der Waals surface area (Å²) in [6.07, 6.45) is 1.19. The predicted octanol–water partition coefficient (Wildman–Crippen LogP) is 5.62. The van der Waals surface area contributed by atoms with Crippen molar-refractivity contribution in [3.63, 3.8) is 0 Å². The van der Waals surface area contributed by atoms with Gasteiger partial charge in [-0.25, -0.2) is 0 Å². The highest BCUT2D eigenvalue weighted by molar-refractivity contribution is 6.42. The van der Waals surface area contributed by atoms with E-state index >= 15 is 0 Å². The second-order valence-corrected chi connectivity index (χ2v) is 6.94. The van der Waals surface area contributed by atoms with Crippen LogP contribution < -0.4 is 0 Å². The molecular weight excluding hydrogens is 313 g/mol. The Bertz CT molecular complexity index is 627. The molecule has 0 radical (unpaired) electrons. The molecule has 0 N–H and O–H groups in total. The van der Waals surface area contributed by atoms with Crippen LogP contribution in [0.15, 0.2) is 48.5 Å². The van der Waals surface area contributed by atoms with Gasteiger partial charge in [0.1, 0.15) is 0 Å². The van der Waals surface area contributed by atoms with E-state index in [1.54, 1.807) is 0 Å². The summed E-state index contributed by atoms with van der Waals surface area (Å²) in [5.74, 6) is 1.23. The van der Waals surface area contributed by atoms with Gasteiger partial charge in [0.15, 0.2) is 0 Å². The van der Waals surface area contributed by atoms with Crippen LogP contribution in [0, 0.1) is 5.92 Å². The molecule has 2 aromatic rings. The van der Waals surface area contributed by atoms with Crippen molar-refractivity contribution in [2.24, 2.45) is 5.92 Å². The van der Waals surface area contributed by atoms with Crippen LogP contribution in [0.1, 0.15) is 30.4 Å². The molecule has 0 aromatic heterocycles. The second-order valence-electron chi connectivity index (χ2n) is 6.13. The lowest BCUT2D eigenvalue weighted by molar-refractivity contribution is 0.314. The van der Waals surface area contributed by atoms with Crippen LogP contribution in [0.5, 0.6) is 0 Å². The van der Waals surface area contributed by atoms with Crippen molar-refractivity contribution in [2.45, 2.75) is 25.8 Å². The third kappa shape index (κ3) is 3.48. The minimum absolute atomic E-state index is 0.545. The molecule has 22 heavy (non-hydrogen) atoms. The average Bonchev–Trinajstić information content (AvgIpc) is 2.94. The van der Waals surface area contributed by atoms with E-state index in [-0.39, 0.29) is 0 Å². The van der Waals surface area contributed by atoms with Crippen LogP contribution >= 0.6 is 23.2 Å². The van der Waals surface area contributed by atoms with Gasteiger partial charge >= 0.3 is 0 Å².